The van der Waals surface area contributed by atoms with E-state index in [2.05, 4.69) is 15.6 Å². The lowest BCUT2D eigenvalue weighted by Gasteiger charge is -2.11. The summed E-state index contributed by atoms with van der Waals surface area (Å²) >= 11 is 0. The minimum absolute atomic E-state index is 0.248. The fraction of sp³-hybridized carbons (Fsp3) is 0.200. The zero-order valence-corrected chi connectivity index (χ0v) is 11.5. The normalized spacial score (nSPS) is 9.90. The largest absolute Gasteiger partial charge is 0.497 e. The van der Waals surface area contributed by atoms with Gasteiger partial charge in [-0.25, -0.2) is 4.79 Å². The van der Waals surface area contributed by atoms with Gasteiger partial charge >= 0.3 is 6.03 Å². The molecule has 2 rings (SSSR count). The van der Waals surface area contributed by atoms with E-state index in [0.29, 0.717) is 6.54 Å². The zero-order valence-electron chi connectivity index (χ0n) is 11.5. The van der Waals surface area contributed by atoms with Gasteiger partial charge < -0.3 is 15.4 Å². The third kappa shape index (κ3) is 3.71. The molecule has 1 aromatic heterocycles. The molecule has 0 aliphatic carbocycles. The van der Waals surface area contributed by atoms with Gasteiger partial charge in [-0.2, -0.15) is 0 Å². The Morgan fingerprint density at radius 3 is 2.85 bits per heavy atom. The molecule has 1 aromatic carbocycles. The summed E-state index contributed by atoms with van der Waals surface area (Å²) in [6, 6.07) is 8.99. The van der Waals surface area contributed by atoms with Gasteiger partial charge in [0.25, 0.3) is 0 Å². The molecule has 0 aliphatic rings. The van der Waals surface area contributed by atoms with Crippen molar-refractivity contribution in [2.45, 2.75) is 13.5 Å². The van der Waals surface area contributed by atoms with E-state index >= 15 is 0 Å². The van der Waals surface area contributed by atoms with Crippen LogP contribution in [0.3, 0.4) is 0 Å². The highest BCUT2D eigenvalue weighted by Crippen LogP contribution is 2.20. The summed E-state index contributed by atoms with van der Waals surface area (Å²) in [6.45, 7) is 2.36. The van der Waals surface area contributed by atoms with Gasteiger partial charge in [-0.05, 0) is 42.3 Å². The number of pyridine rings is 1. The number of nitrogens with one attached hydrogen (secondary N) is 2. The van der Waals surface area contributed by atoms with Gasteiger partial charge in [0.2, 0.25) is 0 Å². The number of urea groups is 1. The second-order valence-corrected chi connectivity index (χ2v) is 4.35. The Morgan fingerprint density at radius 1 is 1.35 bits per heavy atom. The Labute approximate surface area is 118 Å². The molecule has 0 radical (unpaired) electrons. The number of carbonyl (C=O) groups excluding carboxylic acids is 1. The van der Waals surface area contributed by atoms with Crippen LogP contribution < -0.4 is 15.4 Å². The molecule has 0 aliphatic heterocycles. The lowest BCUT2D eigenvalue weighted by molar-refractivity contribution is 0.251. The van der Waals surface area contributed by atoms with Crippen LogP contribution in [0, 0.1) is 6.92 Å². The number of hydrogen-bond acceptors (Lipinski definition) is 3. The highest BCUT2D eigenvalue weighted by atomic mass is 16.5. The van der Waals surface area contributed by atoms with E-state index in [4.69, 9.17) is 4.74 Å². The molecular weight excluding hydrogens is 254 g/mol. The molecule has 1 heterocycles. The SMILES string of the molecule is COc1ccc(NC(=O)NCc2cccnc2)c(C)c1. The molecule has 104 valence electrons. The predicted molar refractivity (Wildman–Crippen MR) is 77.8 cm³/mol. The minimum atomic E-state index is -0.248. The standard InChI is InChI=1S/C15H17N3O2/c1-11-8-13(20-2)5-6-14(11)18-15(19)17-10-12-4-3-7-16-9-12/h3-9H,10H2,1-2H3,(H2,17,18,19). The fourth-order valence-corrected chi connectivity index (χ4v) is 1.75. The highest BCUT2D eigenvalue weighted by molar-refractivity contribution is 5.90. The van der Waals surface area contributed by atoms with Gasteiger partial charge in [0.1, 0.15) is 5.75 Å². The number of rotatable bonds is 4. The molecule has 0 unspecified atom stereocenters. The summed E-state index contributed by atoms with van der Waals surface area (Å²) < 4.78 is 5.13. The van der Waals surface area contributed by atoms with Crippen molar-refractivity contribution in [1.82, 2.24) is 10.3 Å². The summed E-state index contributed by atoms with van der Waals surface area (Å²) in [5.41, 5.74) is 2.66. The van der Waals surface area contributed by atoms with E-state index in [-0.39, 0.29) is 6.03 Å². The van der Waals surface area contributed by atoms with Crippen molar-refractivity contribution in [2.75, 3.05) is 12.4 Å². The van der Waals surface area contributed by atoms with E-state index in [0.717, 1.165) is 22.6 Å². The summed E-state index contributed by atoms with van der Waals surface area (Å²) in [6.07, 6.45) is 3.42. The van der Waals surface area contributed by atoms with Crippen LogP contribution in [-0.4, -0.2) is 18.1 Å². The Hall–Kier alpha value is -2.56. The van der Waals surface area contributed by atoms with Crippen LogP contribution in [0.1, 0.15) is 11.1 Å². The lowest BCUT2D eigenvalue weighted by atomic mass is 10.2. The van der Waals surface area contributed by atoms with Crippen molar-refractivity contribution in [3.63, 3.8) is 0 Å². The van der Waals surface area contributed by atoms with Crippen LogP contribution in [-0.2, 0) is 6.54 Å². The number of anilines is 1. The van der Waals surface area contributed by atoms with Crippen molar-refractivity contribution < 1.29 is 9.53 Å². The average molecular weight is 271 g/mol. The molecular formula is C15H17N3O2. The van der Waals surface area contributed by atoms with Crippen LogP contribution in [0.25, 0.3) is 0 Å². The Morgan fingerprint density at radius 2 is 2.20 bits per heavy atom. The maximum Gasteiger partial charge on any atom is 0.319 e. The highest BCUT2D eigenvalue weighted by Gasteiger charge is 2.05. The van der Waals surface area contributed by atoms with Gasteiger partial charge in [0.05, 0.1) is 7.11 Å². The topological polar surface area (TPSA) is 63.2 Å². The Bertz CT molecular complexity index is 585. The number of nitrogens with zero attached hydrogens (tertiary/aromatic N) is 1. The number of hydrogen-bond donors (Lipinski definition) is 2. The predicted octanol–water partition coefficient (Wildman–Crippen LogP) is 2.72. The van der Waals surface area contributed by atoms with E-state index in [1.54, 1.807) is 19.5 Å². The number of methoxy groups -OCH3 is 1. The number of aromatic nitrogens is 1. The third-order valence-corrected chi connectivity index (χ3v) is 2.86. The first-order valence-electron chi connectivity index (χ1n) is 6.27. The first kappa shape index (κ1) is 13.9. The average Bonchev–Trinajstić information content (AvgIpc) is 2.48. The summed E-state index contributed by atoms with van der Waals surface area (Å²) in [5, 5.41) is 5.59. The molecule has 20 heavy (non-hydrogen) atoms. The maximum atomic E-state index is 11.8. The van der Waals surface area contributed by atoms with Crippen molar-refractivity contribution in [1.29, 1.82) is 0 Å². The number of amides is 2. The van der Waals surface area contributed by atoms with Crippen LogP contribution in [0.15, 0.2) is 42.7 Å². The molecule has 2 amide bonds. The molecule has 0 spiro atoms. The van der Waals surface area contributed by atoms with Gasteiger partial charge in [-0.1, -0.05) is 6.07 Å². The molecule has 0 fully saturated rings. The number of ether oxygens (including phenoxy) is 1. The smallest absolute Gasteiger partial charge is 0.319 e. The summed E-state index contributed by atoms with van der Waals surface area (Å²) in [5.74, 6) is 0.767. The number of benzene rings is 1. The number of carbonyl (C=O) groups is 1. The van der Waals surface area contributed by atoms with Crippen LogP contribution in [0.4, 0.5) is 10.5 Å². The second kappa shape index (κ2) is 6.56. The van der Waals surface area contributed by atoms with Gasteiger partial charge in [-0.15, -0.1) is 0 Å². The Kier molecular flexibility index (Phi) is 4.55. The Balaban J connectivity index is 1.91. The van der Waals surface area contributed by atoms with Crippen LogP contribution >= 0.6 is 0 Å². The minimum Gasteiger partial charge on any atom is -0.497 e. The van der Waals surface area contributed by atoms with Crippen molar-refractivity contribution in [3.8, 4) is 5.75 Å². The van der Waals surface area contributed by atoms with Crippen molar-refractivity contribution in [3.05, 3.63) is 53.9 Å². The van der Waals surface area contributed by atoms with Crippen molar-refractivity contribution in [2.24, 2.45) is 0 Å². The molecule has 2 N–H and O–H groups in total. The quantitative estimate of drug-likeness (QED) is 0.898. The first-order valence-corrected chi connectivity index (χ1v) is 6.27. The third-order valence-electron chi connectivity index (χ3n) is 2.86. The molecule has 0 saturated carbocycles. The van der Waals surface area contributed by atoms with Crippen LogP contribution in [0.2, 0.25) is 0 Å². The van der Waals surface area contributed by atoms with Crippen LogP contribution in [0.5, 0.6) is 5.75 Å². The fourth-order valence-electron chi connectivity index (χ4n) is 1.75. The molecule has 5 nitrogen and oxygen atoms in total. The number of aryl methyl sites for hydroxylation is 1. The maximum absolute atomic E-state index is 11.8. The molecule has 0 saturated heterocycles. The van der Waals surface area contributed by atoms with E-state index in [1.165, 1.54) is 0 Å². The van der Waals surface area contributed by atoms with E-state index in [1.807, 2.05) is 37.3 Å². The summed E-state index contributed by atoms with van der Waals surface area (Å²) in [4.78, 5) is 15.8. The first-order chi connectivity index (χ1) is 9.69. The van der Waals surface area contributed by atoms with Gasteiger partial charge in [0, 0.05) is 24.6 Å². The molecule has 0 atom stereocenters. The molecule has 5 heteroatoms. The second-order valence-electron chi connectivity index (χ2n) is 4.35. The summed E-state index contributed by atoms with van der Waals surface area (Å²) in [7, 11) is 1.61. The lowest BCUT2D eigenvalue weighted by Crippen LogP contribution is -2.28. The zero-order chi connectivity index (χ0) is 14.4. The van der Waals surface area contributed by atoms with E-state index < -0.39 is 0 Å². The van der Waals surface area contributed by atoms with Crippen molar-refractivity contribution >= 4 is 11.7 Å². The molecule has 0 bridgehead atoms. The van der Waals surface area contributed by atoms with Gasteiger partial charge in [-0.3, -0.25) is 4.98 Å². The van der Waals surface area contributed by atoms with Gasteiger partial charge in [0.15, 0.2) is 0 Å². The van der Waals surface area contributed by atoms with E-state index in [9.17, 15) is 4.79 Å². The monoisotopic (exact) mass is 271 g/mol. The molecule has 2 aromatic rings.